The molecule has 1 aromatic rings. The summed E-state index contributed by atoms with van der Waals surface area (Å²) >= 11 is 0. The van der Waals surface area contributed by atoms with Gasteiger partial charge in [-0.15, -0.1) is 0 Å². The van der Waals surface area contributed by atoms with Crippen molar-refractivity contribution in [3.63, 3.8) is 0 Å². The largest absolute Gasteiger partial charge is 0.474 e. The molecular weight excluding hydrogens is 228 g/mol. The molecule has 4 nitrogen and oxygen atoms in total. The predicted octanol–water partition coefficient (Wildman–Crippen LogP) is 2.22. The third-order valence-corrected chi connectivity index (χ3v) is 3.42. The lowest BCUT2D eigenvalue weighted by Crippen LogP contribution is -2.32. The van der Waals surface area contributed by atoms with Crippen molar-refractivity contribution < 1.29 is 9.53 Å². The molecule has 0 aliphatic heterocycles. The summed E-state index contributed by atoms with van der Waals surface area (Å²) in [6.45, 7) is 2.00. The van der Waals surface area contributed by atoms with Crippen LogP contribution in [0.15, 0.2) is 18.3 Å². The first kappa shape index (κ1) is 12.9. The number of hydrogen-bond acceptors (Lipinski definition) is 3. The van der Waals surface area contributed by atoms with Crippen molar-refractivity contribution in [3.05, 3.63) is 23.9 Å². The molecule has 1 amide bonds. The fourth-order valence-electron chi connectivity index (χ4n) is 2.42. The standard InChI is InChI=1S/C14H20N2O2/c1-11-5-4-8-15-14(11)18-13-7-3-2-6-12(9-13)16-10-17/h4-5,8,10,12-13H,2-3,6-7,9H2,1H3,(H,16,17). The highest BCUT2D eigenvalue weighted by atomic mass is 16.5. The van der Waals surface area contributed by atoms with E-state index in [1.165, 1.54) is 0 Å². The Bertz CT molecular complexity index is 395. The third kappa shape index (κ3) is 3.45. The van der Waals surface area contributed by atoms with E-state index in [9.17, 15) is 4.79 Å². The summed E-state index contributed by atoms with van der Waals surface area (Å²) in [7, 11) is 0. The predicted molar refractivity (Wildman–Crippen MR) is 69.5 cm³/mol. The van der Waals surface area contributed by atoms with E-state index < -0.39 is 0 Å². The minimum absolute atomic E-state index is 0.151. The van der Waals surface area contributed by atoms with Crippen LogP contribution in [-0.4, -0.2) is 23.5 Å². The Morgan fingerprint density at radius 3 is 3.06 bits per heavy atom. The highest BCUT2D eigenvalue weighted by molar-refractivity contribution is 5.46. The number of carbonyl (C=O) groups is 1. The highest BCUT2D eigenvalue weighted by Crippen LogP contribution is 2.23. The van der Waals surface area contributed by atoms with Crippen molar-refractivity contribution in [2.45, 2.75) is 51.2 Å². The number of pyridine rings is 1. The van der Waals surface area contributed by atoms with E-state index >= 15 is 0 Å². The summed E-state index contributed by atoms with van der Waals surface area (Å²) in [5, 5.41) is 2.87. The van der Waals surface area contributed by atoms with Crippen LogP contribution in [0.1, 0.15) is 37.7 Å². The van der Waals surface area contributed by atoms with E-state index in [0.29, 0.717) is 5.88 Å². The zero-order valence-corrected chi connectivity index (χ0v) is 10.8. The van der Waals surface area contributed by atoms with Gasteiger partial charge in [0, 0.05) is 24.2 Å². The first-order valence-corrected chi connectivity index (χ1v) is 6.57. The van der Waals surface area contributed by atoms with Crippen LogP contribution >= 0.6 is 0 Å². The van der Waals surface area contributed by atoms with Gasteiger partial charge in [0.1, 0.15) is 6.10 Å². The number of ether oxygens (including phenoxy) is 1. The molecule has 0 aromatic carbocycles. The number of amides is 1. The van der Waals surface area contributed by atoms with Gasteiger partial charge in [0.05, 0.1) is 0 Å². The third-order valence-electron chi connectivity index (χ3n) is 3.42. The molecule has 1 fully saturated rings. The number of nitrogens with one attached hydrogen (secondary N) is 1. The van der Waals surface area contributed by atoms with Crippen molar-refractivity contribution in [2.24, 2.45) is 0 Å². The lowest BCUT2D eigenvalue weighted by atomic mass is 10.1. The van der Waals surface area contributed by atoms with Crippen LogP contribution < -0.4 is 10.1 Å². The zero-order valence-electron chi connectivity index (χ0n) is 10.8. The molecule has 2 rings (SSSR count). The highest BCUT2D eigenvalue weighted by Gasteiger charge is 2.21. The summed E-state index contributed by atoms with van der Waals surface area (Å²) in [6, 6.07) is 4.14. The van der Waals surface area contributed by atoms with E-state index in [2.05, 4.69) is 10.3 Å². The monoisotopic (exact) mass is 248 g/mol. The van der Waals surface area contributed by atoms with E-state index in [1.54, 1.807) is 6.20 Å². The fraction of sp³-hybridized carbons (Fsp3) is 0.571. The second kappa shape index (κ2) is 6.38. The van der Waals surface area contributed by atoms with Crippen molar-refractivity contribution in [1.29, 1.82) is 0 Å². The van der Waals surface area contributed by atoms with E-state index in [-0.39, 0.29) is 12.1 Å². The minimum Gasteiger partial charge on any atom is -0.474 e. The Kier molecular flexibility index (Phi) is 4.56. The maximum absolute atomic E-state index is 10.5. The average Bonchev–Trinajstić information content (AvgIpc) is 2.58. The van der Waals surface area contributed by atoms with Gasteiger partial charge in [-0.1, -0.05) is 12.5 Å². The molecule has 4 heteroatoms. The molecule has 1 aliphatic carbocycles. The van der Waals surface area contributed by atoms with Crippen molar-refractivity contribution in [2.75, 3.05) is 0 Å². The van der Waals surface area contributed by atoms with Crippen LogP contribution in [0.4, 0.5) is 0 Å². The van der Waals surface area contributed by atoms with Gasteiger partial charge in [-0.2, -0.15) is 0 Å². The fourth-order valence-corrected chi connectivity index (χ4v) is 2.42. The number of hydrogen-bond donors (Lipinski definition) is 1. The maximum atomic E-state index is 10.5. The number of aryl methyl sites for hydroxylation is 1. The van der Waals surface area contributed by atoms with E-state index in [0.717, 1.165) is 44.1 Å². The van der Waals surface area contributed by atoms with E-state index in [4.69, 9.17) is 4.74 Å². The molecule has 1 aliphatic rings. The van der Waals surface area contributed by atoms with Crippen molar-refractivity contribution in [3.8, 4) is 5.88 Å². The molecule has 98 valence electrons. The van der Waals surface area contributed by atoms with Gasteiger partial charge in [0.15, 0.2) is 0 Å². The second-order valence-corrected chi connectivity index (χ2v) is 4.87. The van der Waals surface area contributed by atoms with Crippen LogP contribution in [0.25, 0.3) is 0 Å². The molecule has 18 heavy (non-hydrogen) atoms. The summed E-state index contributed by atoms with van der Waals surface area (Å²) in [5.74, 6) is 0.717. The lowest BCUT2D eigenvalue weighted by molar-refractivity contribution is -0.110. The Morgan fingerprint density at radius 2 is 2.28 bits per heavy atom. The van der Waals surface area contributed by atoms with Crippen LogP contribution in [0.3, 0.4) is 0 Å². The smallest absolute Gasteiger partial charge is 0.216 e. The molecule has 2 unspecified atom stereocenters. The van der Waals surface area contributed by atoms with Gasteiger partial charge in [0.25, 0.3) is 0 Å². The summed E-state index contributed by atoms with van der Waals surface area (Å²) in [5.41, 5.74) is 1.06. The van der Waals surface area contributed by atoms with Gasteiger partial charge in [-0.25, -0.2) is 4.98 Å². The molecule has 1 N–H and O–H groups in total. The molecule has 0 bridgehead atoms. The lowest BCUT2D eigenvalue weighted by Gasteiger charge is -2.21. The van der Waals surface area contributed by atoms with Gasteiger partial charge >= 0.3 is 0 Å². The summed E-state index contributed by atoms with van der Waals surface area (Å²) in [6.07, 6.45) is 7.93. The molecule has 0 radical (unpaired) electrons. The number of rotatable bonds is 4. The number of nitrogens with zero attached hydrogens (tertiary/aromatic N) is 1. The van der Waals surface area contributed by atoms with Crippen molar-refractivity contribution >= 4 is 6.41 Å². The Hall–Kier alpha value is -1.58. The van der Waals surface area contributed by atoms with Gasteiger partial charge in [0.2, 0.25) is 12.3 Å². The minimum atomic E-state index is 0.151. The average molecular weight is 248 g/mol. The molecule has 2 atom stereocenters. The first-order valence-electron chi connectivity index (χ1n) is 6.57. The Morgan fingerprint density at radius 1 is 1.44 bits per heavy atom. The number of carbonyl (C=O) groups excluding carboxylic acids is 1. The molecule has 1 heterocycles. The molecule has 1 aromatic heterocycles. The molecular formula is C14H20N2O2. The molecule has 0 saturated heterocycles. The van der Waals surface area contributed by atoms with Crippen molar-refractivity contribution in [1.82, 2.24) is 10.3 Å². The second-order valence-electron chi connectivity index (χ2n) is 4.87. The molecule has 1 saturated carbocycles. The first-order chi connectivity index (χ1) is 8.79. The normalized spacial score (nSPS) is 24.1. The van der Waals surface area contributed by atoms with Crippen LogP contribution in [0.2, 0.25) is 0 Å². The summed E-state index contributed by atoms with van der Waals surface area (Å²) < 4.78 is 5.98. The SMILES string of the molecule is Cc1cccnc1OC1CCCCC(NC=O)C1. The topological polar surface area (TPSA) is 51.2 Å². The Balaban J connectivity index is 1.99. The van der Waals surface area contributed by atoms with Gasteiger partial charge in [-0.05, 0) is 32.3 Å². The zero-order chi connectivity index (χ0) is 12.8. The van der Waals surface area contributed by atoms with Crippen LogP contribution in [0.5, 0.6) is 5.88 Å². The van der Waals surface area contributed by atoms with Gasteiger partial charge < -0.3 is 10.1 Å². The maximum Gasteiger partial charge on any atom is 0.216 e. The van der Waals surface area contributed by atoms with E-state index in [1.807, 2.05) is 19.1 Å². The number of aromatic nitrogens is 1. The van der Waals surface area contributed by atoms with Crippen LogP contribution in [0, 0.1) is 6.92 Å². The Labute approximate surface area is 108 Å². The van der Waals surface area contributed by atoms with Crippen LogP contribution in [-0.2, 0) is 4.79 Å². The molecule has 0 spiro atoms. The quantitative estimate of drug-likeness (QED) is 0.656. The van der Waals surface area contributed by atoms with Gasteiger partial charge in [-0.3, -0.25) is 4.79 Å². The summed E-state index contributed by atoms with van der Waals surface area (Å²) in [4.78, 5) is 14.8.